The summed E-state index contributed by atoms with van der Waals surface area (Å²) in [6.07, 6.45) is -2.59. The fourth-order valence-electron chi connectivity index (χ4n) is 1.62. The van der Waals surface area contributed by atoms with Gasteiger partial charge in [0.05, 0.1) is 11.1 Å². The van der Waals surface area contributed by atoms with Gasteiger partial charge in [-0.15, -0.1) is 0 Å². The third-order valence-corrected chi connectivity index (χ3v) is 4.03. The molecule has 5 nitrogen and oxygen atoms in total. The molecule has 0 aliphatic carbocycles. The van der Waals surface area contributed by atoms with Crippen LogP contribution < -0.4 is 4.72 Å². The fraction of sp³-hybridized carbons (Fsp3) is 0.0769. The zero-order valence-electron chi connectivity index (χ0n) is 11.1. The molecule has 23 heavy (non-hydrogen) atoms. The zero-order chi connectivity index (χ0) is 17.3. The molecule has 1 amide bonds. The molecule has 1 aromatic carbocycles. The van der Waals surface area contributed by atoms with Crippen molar-refractivity contribution in [1.29, 1.82) is 0 Å². The van der Waals surface area contributed by atoms with Crippen LogP contribution in [0.5, 0.6) is 0 Å². The lowest BCUT2D eigenvalue weighted by Gasteiger charge is -2.10. The average molecular weight is 348 g/mol. The van der Waals surface area contributed by atoms with Gasteiger partial charge in [0.25, 0.3) is 15.9 Å². The van der Waals surface area contributed by atoms with Gasteiger partial charge in [0, 0.05) is 12.4 Å². The summed E-state index contributed by atoms with van der Waals surface area (Å²) in [4.78, 5) is 15.0. The first-order valence-electron chi connectivity index (χ1n) is 5.95. The third kappa shape index (κ3) is 3.83. The highest BCUT2D eigenvalue weighted by molar-refractivity contribution is 7.90. The van der Waals surface area contributed by atoms with Crippen molar-refractivity contribution >= 4 is 15.9 Å². The SMILES string of the molecule is O=C(NS(=O)(=O)c1cccnc1)c1cc(C(F)(F)F)ccc1F. The summed E-state index contributed by atoms with van der Waals surface area (Å²) in [5, 5.41) is 0. The number of amides is 1. The van der Waals surface area contributed by atoms with Crippen molar-refractivity contribution in [3.8, 4) is 0 Å². The lowest BCUT2D eigenvalue weighted by molar-refractivity contribution is -0.137. The van der Waals surface area contributed by atoms with Crippen LogP contribution in [0.2, 0.25) is 0 Å². The number of carbonyl (C=O) groups excluding carboxylic acids is 1. The summed E-state index contributed by atoms with van der Waals surface area (Å²) < 4.78 is 76.6. The predicted octanol–water partition coefficient (Wildman–Crippen LogP) is 2.36. The topological polar surface area (TPSA) is 76.1 Å². The van der Waals surface area contributed by atoms with E-state index in [1.165, 1.54) is 17.0 Å². The van der Waals surface area contributed by atoms with Gasteiger partial charge in [0.1, 0.15) is 10.7 Å². The van der Waals surface area contributed by atoms with E-state index in [9.17, 15) is 30.8 Å². The van der Waals surface area contributed by atoms with Crippen LogP contribution in [0.3, 0.4) is 0 Å². The number of sulfonamides is 1. The molecule has 0 bridgehead atoms. The van der Waals surface area contributed by atoms with Gasteiger partial charge in [-0.05, 0) is 30.3 Å². The number of nitrogens with one attached hydrogen (secondary N) is 1. The molecule has 0 atom stereocenters. The molecule has 0 aliphatic heterocycles. The van der Waals surface area contributed by atoms with E-state index in [1.807, 2.05) is 0 Å². The molecule has 0 unspecified atom stereocenters. The van der Waals surface area contributed by atoms with E-state index in [-0.39, 0.29) is 11.0 Å². The number of hydrogen-bond donors (Lipinski definition) is 1. The number of rotatable bonds is 3. The highest BCUT2D eigenvalue weighted by Crippen LogP contribution is 2.30. The quantitative estimate of drug-likeness (QED) is 0.864. The first-order chi connectivity index (χ1) is 10.6. The van der Waals surface area contributed by atoms with E-state index < -0.39 is 39.1 Å². The van der Waals surface area contributed by atoms with Crippen molar-refractivity contribution in [3.63, 3.8) is 0 Å². The minimum atomic E-state index is -4.80. The van der Waals surface area contributed by atoms with Crippen molar-refractivity contribution < 1.29 is 30.8 Å². The number of hydrogen-bond acceptors (Lipinski definition) is 4. The molecule has 0 aliphatic rings. The largest absolute Gasteiger partial charge is 0.416 e. The Morgan fingerprint density at radius 3 is 2.43 bits per heavy atom. The molecule has 0 saturated carbocycles. The maximum atomic E-state index is 13.6. The third-order valence-electron chi connectivity index (χ3n) is 2.71. The molecule has 0 radical (unpaired) electrons. The molecule has 10 heteroatoms. The van der Waals surface area contributed by atoms with Gasteiger partial charge in [-0.1, -0.05) is 0 Å². The van der Waals surface area contributed by atoms with Crippen LogP contribution in [-0.2, 0) is 16.2 Å². The van der Waals surface area contributed by atoms with E-state index in [1.54, 1.807) is 0 Å². The monoisotopic (exact) mass is 348 g/mol. The van der Waals surface area contributed by atoms with Crippen molar-refractivity contribution in [3.05, 3.63) is 59.7 Å². The summed E-state index contributed by atoms with van der Waals surface area (Å²) >= 11 is 0. The minimum Gasteiger partial charge on any atom is -0.268 e. The van der Waals surface area contributed by atoms with E-state index in [2.05, 4.69) is 4.98 Å². The molecule has 1 N–H and O–H groups in total. The van der Waals surface area contributed by atoms with Crippen molar-refractivity contribution in [2.45, 2.75) is 11.1 Å². The van der Waals surface area contributed by atoms with E-state index in [0.29, 0.717) is 12.1 Å². The van der Waals surface area contributed by atoms with Crippen LogP contribution in [0.4, 0.5) is 17.6 Å². The lowest BCUT2D eigenvalue weighted by atomic mass is 10.1. The standard InChI is InChI=1S/C13H8F4N2O3S/c14-11-4-3-8(13(15,16)17)6-10(11)12(20)19-23(21,22)9-2-1-5-18-7-9/h1-7H,(H,19,20). The molecular formula is C13H8F4N2O3S. The van der Waals surface area contributed by atoms with Crippen LogP contribution >= 0.6 is 0 Å². The molecule has 122 valence electrons. The van der Waals surface area contributed by atoms with Gasteiger partial charge < -0.3 is 0 Å². The number of benzene rings is 1. The molecule has 0 saturated heterocycles. The minimum absolute atomic E-state index is 0.240. The Morgan fingerprint density at radius 1 is 1.17 bits per heavy atom. The van der Waals surface area contributed by atoms with Gasteiger partial charge in [-0.2, -0.15) is 13.2 Å². The normalized spacial score (nSPS) is 12.0. The maximum Gasteiger partial charge on any atom is 0.416 e. The Kier molecular flexibility index (Phi) is 4.37. The van der Waals surface area contributed by atoms with Gasteiger partial charge in [-0.25, -0.2) is 17.5 Å². The van der Waals surface area contributed by atoms with Crippen molar-refractivity contribution in [1.82, 2.24) is 9.71 Å². The Labute approximate surface area is 128 Å². The van der Waals surface area contributed by atoms with E-state index >= 15 is 0 Å². The summed E-state index contributed by atoms with van der Waals surface area (Å²) in [7, 11) is -4.38. The Bertz CT molecular complexity index is 836. The average Bonchev–Trinajstić information content (AvgIpc) is 2.47. The Morgan fingerprint density at radius 2 is 1.87 bits per heavy atom. The summed E-state index contributed by atoms with van der Waals surface area (Å²) in [5.41, 5.74) is -2.31. The molecular weight excluding hydrogens is 340 g/mol. The molecule has 1 aromatic heterocycles. The summed E-state index contributed by atoms with van der Waals surface area (Å²) in [6.45, 7) is 0. The summed E-state index contributed by atoms with van der Waals surface area (Å²) in [6, 6.07) is 3.52. The van der Waals surface area contributed by atoms with E-state index in [0.717, 1.165) is 12.3 Å². The highest BCUT2D eigenvalue weighted by atomic mass is 32.2. The van der Waals surface area contributed by atoms with Crippen molar-refractivity contribution in [2.24, 2.45) is 0 Å². The number of carbonyl (C=O) groups is 1. The fourth-order valence-corrected chi connectivity index (χ4v) is 2.55. The van der Waals surface area contributed by atoms with Crippen LogP contribution in [0.15, 0.2) is 47.6 Å². The van der Waals surface area contributed by atoms with E-state index in [4.69, 9.17) is 0 Å². The predicted molar refractivity (Wildman–Crippen MR) is 70.3 cm³/mol. The second-order valence-corrected chi connectivity index (χ2v) is 6.00. The highest BCUT2D eigenvalue weighted by Gasteiger charge is 2.32. The molecule has 1 heterocycles. The Hall–Kier alpha value is -2.49. The van der Waals surface area contributed by atoms with Gasteiger partial charge in [0.15, 0.2) is 0 Å². The van der Waals surface area contributed by atoms with Crippen LogP contribution in [0, 0.1) is 5.82 Å². The van der Waals surface area contributed by atoms with Crippen molar-refractivity contribution in [2.75, 3.05) is 0 Å². The first-order valence-corrected chi connectivity index (χ1v) is 7.43. The van der Waals surface area contributed by atoms with Gasteiger partial charge in [0.2, 0.25) is 0 Å². The smallest absolute Gasteiger partial charge is 0.268 e. The maximum absolute atomic E-state index is 13.6. The zero-order valence-corrected chi connectivity index (χ0v) is 12.0. The van der Waals surface area contributed by atoms with Crippen LogP contribution in [0.1, 0.15) is 15.9 Å². The number of alkyl halides is 3. The van der Waals surface area contributed by atoms with Crippen LogP contribution in [0.25, 0.3) is 0 Å². The first kappa shape index (κ1) is 16.9. The van der Waals surface area contributed by atoms with Crippen LogP contribution in [-0.4, -0.2) is 19.3 Å². The second kappa shape index (κ2) is 5.95. The Balaban J connectivity index is 2.35. The van der Waals surface area contributed by atoms with Gasteiger partial charge in [-0.3, -0.25) is 9.78 Å². The number of pyridine rings is 1. The molecule has 2 rings (SSSR count). The molecule has 0 fully saturated rings. The van der Waals surface area contributed by atoms with Gasteiger partial charge >= 0.3 is 6.18 Å². The second-order valence-electron chi connectivity index (χ2n) is 4.32. The summed E-state index contributed by atoms with van der Waals surface area (Å²) in [5.74, 6) is -2.80. The number of nitrogens with zero attached hydrogens (tertiary/aromatic N) is 1. The number of aromatic nitrogens is 1. The number of halogens is 4. The molecule has 0 spiro atoms. The lowest BCUT2D eigenvalue weighted by Crippen LogP contribution is -2.31. The molecule has 2 aromatic rings.